The van der Waals surface area contributed by atoms with E-state index in [1.807, 2.05) is 24.3 Å². The normalized spacial score (nSPS) is 13.9. The highest BCUT2D eigenvalue weighted by atomic mass is 79.9. The third-order valence-electron chi connectivity index (χ3n) is 3.32. The van der Waals surface area contributed by atoms with E-state index in [0.717, 1.165) is 27.9 Å². The Bertz CT molecular complexity index is 580. The first-order chi connectivity index (χ1) is 9.22. The molecular formula is C15H14BrNOS. The molecule has 0 fully saturated rings. The van der Waals surface area contributed by atoms with Gasteiger partial charge in [-0.05, 0) is 61.6 Å². The van der Waals surface area contributed by atoms with E-state index in [4.69, 9.17) is 0 Å². The first kappa shape index (κ1) is 12.9. The molecule has 0 spiro atoms. The molecule has 1 N–H and O–H groups in total. The number of aryl methyl sites for hydroxylation is 2. The summed E-state index contributed by atoms with van der Waals surface area (Å²) in [6.45, 7) is 0. The zero-order valence-corrected chi connectivity index (χ0v) is 12.8. The highest BCUT2D eigenvalue weighted by Crippen LogP contribution is 2.30. The monoisotopic (exact) mass is 335 g/mol. The van der Waals surface area contributed by atoms with Crippen molar-refractivity contribution in [1.82, 2.24) is 0 Å². The standard InChI is InChI=1S/C15H14BrNOS/c16-11-5-7-12(8-6-11)17-15(18)14-9-10-3-1-2-4-13(10)19-14/h5-9H,1-4H2,(H,17,18). The van der Waals surface area contributed by atoms with Crippen molar-refractivity contribution in [2.45, 2.75) is 25.7 Å². The van der Waals surface area contributed by atoms with Crippen LogP contribution in [0.2, 0.25) is 0 Å². The van der Waals surface area contributed by atoms with Gasteiger partial charge in [-0.25, -0.2) is 0 Å². The lowest BCUT2D eigenvalue weighted by atomic mass is 9.99. The summed E-state index contributed by atoms with van der Waals surface area (Å²) in [5.41, 5.74) is 2.21. The van der Waals surface area contributed by atoms with Crippen LogP contribution in [-0.2, 0) is 12.8 Å². The maximum Gasteiger partial charge on any atom is 0.265 e. The van der Waals surface area contributed by atoms with E-state index in [0.29, 0.717) is 0 Å². The molecule has 19 heavy (non-hydrogen) atoms. The lowest BCUT2D eigenvalue weighted by Gasteiger charge is -2.08. The SMILES string of the molecule is O=C(Nc1ccc(Br)cc1)c1cc2c(s1)CCCC2. The maximum atomic E-state index is 12.2. The van der Waals surface area contributed by atoms with Crippen LogP contribution in [0.5, 0.6) is 0 Å². The molecule has 4 heteroatoms. The van der Waals surface area contributed by atoms with E-state index in [1.54, 1.807) is 11.3 Å². The molecule has 1 aromatic heterocycles. The fourth-order valence-electron chi connectivity index (χ4n) is 2.33. The van der Waals surface area contributed by atoms with Crippen LogP contribution in [0.3, 0.4) is 0 Å². The Kier molecular flexibility index (Phi) is 3.71. The summed E-state index contributed by atoms with van der Waals surface area (Å²) in [5.74, 6) is 0.00159. The van der Waals surface area contributed by atoms with E-state index in [-0.39, 0.29) is 5.91 Å². The Labute approximate surface area is 125 Å². The molecule has 0 atom stereocenters. The van der Waals surface area contributed by atoms with Gasteiger partial charge in [-0.1, -0.05) is 15.9 Å². The molecule has 2 aromatic rings. The van der Waals surface area contributed by atoms with E-state index in [2.05, 4.69) is 27.3 Å². The topological polar surface area (TPSA) is 29.1 Å². The average molecular weight is 336 g/mol. The molecule has 2 nitrogen and oxygen atoms in total. The number of amides is 1. The lowest BCUT2D eigenvalue weighted by Crippen LogP contribution is -2.09. The van der Waals surface area contributed by atoms with Crippen molar-refractivity contribution in [2.24, 2.45) is 0 Å². The highest BCUT2D eigenvalue weighted by Gasteiger charge is 2.17. The molecule has 1 heterocycles. The summed E-state index contributed by atoms with van der Waals surface area (Å²) in [6.07, 6.45) is 4.75. The summed E-state index contributed by atoms with van der Waals surface area (Å²) in [4.78, 5) is 14.4. The van der Waals surface area contributed by atoms with Crippen molar-refractivity contribution in [3.8, 4) is 0 Å². The highest BCUT2D eigenvalue weighted by molar-refractivity contribution is 9.10. The number of rotatable bonds is 2. The Morgan fingerprint density at radius 1 is 1.16 bits per heavy atom. The van der Waals surface area contributed by atoms with Crippen LogP contribution < -0.4 is 5.32 Å². The van der Waals surface area contributed by atoms with Crippen LogP contribution in [0.15, 0.2) is 34.8 Å². The molecule has 0 aliphatic heterocycles. The van der Waals surface area contributed by atoms with Crippen molar-refractivity contribution in [1.29, 1.82) is 0 Å². The van der Waals surface area contributed by atoms with Crippen LogP contribution >= 0.6 is 27.3 Å². The number of hydrogen-bond acceptors (Lipinski definition) is 2. The molecule has 0 saturated heterocycles. The summed E-state index contributed by atoms with van der Waals surface area (Å²) < 4.78 is 1.01. The molecule has 1 aliphatic rings. The largest absolute Gasteiger partial charge is 0.321 e. The van der Waals surface area contributed by atoms with Crippen molar-refractivity contribution in [3.05, 3.63) is 50.1 Å². The van der Waals surface area contributed by atoms with Gasteiger partial charge < -0.3 is 5.32 Å². The van der Waals surface area contributed by atoms with Gasteiger partial charge in [0.05, 0.1) is 4.88 Å². The van der Waals surface area contributed by atoms with Crippen LogP contribution in [0.4, 0.5) is 5.69 Å². The van der Waals surface area contributed by atoms with Gasteiger partial charge >= 0.3 is 0 Å². The fraction of sp³-hybridized carbons (Fsp3) is 0.267. The minimum Gasteiger partial charge on any atom is -0.321 e. The molecule has 98 valence electrons. The summed E-state index contributed by atoms with van der Waals surface area (Å²) in [6, 6.07) is 9.71. The lowest BCUT2D eigenvalue weighted by molar-refractivity contribution is 0.103. The maximum absolute atomic E-state index is 12.2. The van der Waals surface area contributed by atoms with Gasteiger partial charge in [0.2, 0.25) is 0 Å². The minimum atomic E-state index is 0.00159. The third-order valence-corrected chi connectivity index (χ3v) is 5.09. The number of halogens is 1. The Hall–Kier alpha value is -1.13. The van der Waals surface area contributed by atoms with E-state index >= 15 is 0 Å². The zero-order valence-electron chi connectivity index (χ0n) is 10.4. The number of nitrogens with one attached hydrogen (secondary N) is 1. The number of thiophene rings is 1. The van der Waals surface area contributed by atoms with Crippen molar-refractivity contribution >= 4 is 38.9 Å². The van der Waals surface area contributed by atoms with Gasteiger partial charge in [-0.2, -0.15) is 0 Å². The number of carbonyl (C=O) groups is 1. The second-order valence-corrected chi connectivity index (χ2v) is 6.78. The number of anilines is 1. The predicted octanol–water partition coefficient (Wildman–Crippen LogP) is 4.64. The van der Waals surface area contributed by atoms with Gasteiger partial charge in [0, 0.05) is 15.0 Å². The molecule has 3 rings (SSSR count). The van der Waals surface area contributed by atoms with Gasteiger partial charge in [-0.3, -0.25) is 4.79 Å². The van der Waals surface area contributed by atoms with Crippen molar-refractivity contribution < 1.29 is 4.79 Å². The molecule has 1 amide bonds. The number of carbonyl (C=O) groups excluding carboxylic acids is 1. The van der Waals surface area contributed by atoms with Crippen LogP contribution in [0.1, 0.15) is 33.0 Å². The molecule has 1 aliphatic carbocycles. The second-order valence-electron chi connectivity index (χ2n) is 4.73. The Morgan fingerprint density at radius 2 is 1.89 bits per heavy atom. The predicted molar refractivity (Wildman–Crippen MR) is 83.1 cm³/mol. The Balaban J connectivity index is 1.76. The van der Waals surface area contributed by atoms with E-state index in [1.165, 1.54) is 23.3 Å². The number of benzene rings is 1. The van der Waals surface area contributed by atoms with Crippen LogP contribution in [0, 0.1) is 0 Å². The van der Waals surface area contributed by atoms with Gasteiger partial charge in [0.1, 0.15) is 0 Å². The number of hydrogen-bond donors (Lipinski definition) is 1. The summed E-state index contributed by atoms with van der Waals surface area (Å²) >= 11 is 5.03. The average Bonchev–Trinajstić information content (AvgIpc) is 2.85. The Morgan fingerprint density at radius 3 is 2.63 bits per heavy atom. The summed E-state index contributed by atoms with van der Waals surface area (Å²) in [5, 5.41) is 2.95. The van der Waals surface area contributed by atoms with Crippen molar-refractivity contribution in [2.75, 3.05) is 5.32 Å². The van der Waals surface area contributed by atoms with Gasteiger partial charge in [0.25, 0.3) is 5.91 Å². The first-order valence-electron chi connectivity index (χ1n) is 6.41. The van der Waals surface area contributed by atoms with E-state index < -0.39 is 0 Å². The minimum absolute atomic E-state index is 0.00159. The zero-order chi connectivity index (χ0) is 13.2. The van der Waals surface area contributed by atoms with Crippen molar-refractivity contribution in [3.63, 3.8) is 0 Å². The van der Waals surface area contributed by atoms with Gasteiger partial charge in [0.15, 0.2) is 0 Å². The molecule has 0 bridgehead atoms. The van der Waals surface area contributed by atoms with E-state index in [9.17, 15) is 4.79 Å². The molecule has 0 unspecified atom stereocenters. The molecule has 0 radical (unpaired) electrons. The van der Waals surface area contributed by atoms with Gasteiger partial charge in [-0.15, -0.1) is 11.3 Å². The first-order valence-corrected chi connectivity index (χ1v) is 8.02. The molecule has 1 aromatic carbocycles. The third kappa shape index (κ3) is 2.90. The van der Waals surface area contributed by atoms with Crippen LogP contribution in [-0.4, -0.2) is 5.91 Å². The summed E-state index contributed by atoms with van der Waals surface area (Å²) in [7, 11) is 0. The molecule has 0 saturated carbocycles. The second kappa shape index (κ2) is 5.47. The smallest absolute Gasteiger partial charge is 0.265 e. The number of fused-ring (bicyclic) bond motifs is 1. The molecular weight excluding hydrogens is 322 g/mol. The quantitative estimate of drug-likeness (QED) is 0.850. The fourth-order valence-corrected chi connectivity index (χ4v) is 3.74. The van der Waals surface area contributed by atoms with Crippen LogP contribution in [0.25, 0.3) is 0 Å².